The van der Waals surface area contributed by atoms with E-state index in [2.05, 4.69) is 9.97 Å². The van der Waals surface area contributed by atoms with E-state index in [0.29, 0.717) is 5.69 Å². The Kier molecular flexibility index (Phi) is 5.92. The number of likely N-dealkylation sites (tertiary alicyclic amines) is 1. The van der Waals surface area contributed by atoms with Gasteiger partial charge in [0.05, 0.1) is 29.0 Å². The average molecular weight is 450 g/mol. The number of aliphatic hydroxyl groups is 1. The number of aryl methyl sites for hydroxylation is 1. The van der Waals surface area contributed by atoms with Crippen LogP contribution in [-0.4, -0.2) is 38.8 Å². The zero-order chi connectivity index (χ0) is 22.8. The molecule has 2 aromatic heterocycles. The van der Waals surface area contributed by atoms with Gasteiger partial charge in [-0.05, 0) is 54.4 Å². The summed E-state index contributed by atoms with van der Waals surface area (Å²) >= 11 is 6.30. The van der Waals surface area contributed by atoms with Crippen molar-refractivity contribution in [1.29, 1.82) is 0 Å². The average Bonchev–Trinajstić information content (AvgIpc) is 3.04. The predicted octanol–water partition coefficient (Wildman–Crippen LogP) is 4.07. The molecule has 4 rings (SSSR count). The normalized spacial score (nSPS) is 17.6. The number of ketones is 1. The van der Waals surface area contributed by atoms with Gasteiger partial charge >= 0.3 is 0 Å². The molecular weight excluding hydrogens is 430 g/mol. The number of hydrogen-bond acceptors (Lipinski definition) is 6. The number of methoxy groups -OCH3 is 1. The standard InChI is InChI=1S/C24H20ClN3O4/c1-14-11-16(23(32-2)17(25)12-14)21(29)19-20(18-5-3-4-8-27-18)28(24(31)22(19)30)13-15-6-9-26-10-7-15/h3-12,20,29H,13H2,1-2H3/b21-19+. The number of halogens is 1. The van der Waals surface area contributed by atoms with Crippen LogP contribution in [0.2, 0.25) is 5.02 Å². The molecule has 1 aliphatic rings. The SMILES string of the molecule is COc1c(Cl)cc(C)cc1/C(O)=C1\C(=O)C(=O)N(Cc2ccncc2)C1c1ccccn1. The first-order valence-electron chi connectivity index (χ1n) is 9.85. The van der Waals surface area contributed by atoms with Crippen LogP contribution < -0.4 is 4.74 Å². The van der Waals surface area contributed by atoms with Crippen LogP contribution in [0.25, 0.3) is 5.76 Å². The van der Waals surface area contributed by atoms with Crippen molar-refractivity contribution in [3.05, 3.63) is 94.0 Å². The molecule has 3 heterocycles. The third-order valence-electron chi connectivity index (χ3n) is 5.26. The lowest BCUT2D eigenvalue weighted by Crippen LogP contribution is -2.29. The third-order valence-corrected chi connectivity index (χ3v) is 5.54. The summed E-state index contributed by atoms with van der Waals surface area (Å²) in [5, 5.41) is 11.6. The molecule has 162 valence electrons. The third kappa shape index (κ3) is 3.83. The largest absolute Gasteiger partial charge is 0.507 e. The number of Topliss-reactive ketones (excluding diaryl/α,β-unsaturated/α-hetero) is 1. The highest BCUT2D eigenvalue weighted by Crippen LogP contribution is 2.42. The maximum Gasteiger partial charge on any atom is 0.296 e. The zero-order valence-electron chi connectivity index (χ0n) is 17.4. The van der Waals surface area contributed by atoms with Gasteiger partial charge < -0.3 is 14.7 Å². The van der Waals surface area contributed by atoms with Crippen LogP contribution in [0.3, 0.4) is 0 Å². The maximum absolute atomic E-state index is 13.2. The van der Waals surface area contributed by atoms with E-state index < -0.39 is 17.7 Å². The van der Waals surface area contributed by atoms with Gasteiger partial charge in [0.15, 0.2) is 0 Å². The molecular formula is C24H20ClN3O4. The first-order chi connectivity index (χ1) is 15.4. The lowest BCUT2D eigenvalue weighted by molar-refractivity contribution is -0.140. The molecule has 1 saturated heterocycles. The van der Waals surface area contributed by atoms with Gasteiger partial charge in [-0.1, -0.05) is 17.7 Å². The van der Waals surface area contributed by atoms with Crippen LogP contribution in [0.15, 0.2) is 66.6 Å². The second-order valence-electron chi connectivity index (χ2n) is 7.36. The molecule has 1 aromatic carbocycles. The Hall–Kier alpha value is -3.71. The molecule has 8 heteroatoms. The van der Waals surface area contributed by atoms with E-state index in [1.54, 1.807) is 68.0 Å². The number of carbonyl (C=O) groups excluding carboxylic acids is 2. The van der Waals surface area contributed by atoms with E-state index in [1.165, 1.54) is 12.0 Å². The fourth-order valence-electron chi connectivity index (χ4n) is 3.83. The highest BCUT2D eigenvalue weighted by molar-refractivity contribution is 6.46. The van der Waals surface area contributed by atoms with Crippen LogP contribution in [-0.2, 0) is 16.1 Å². The van der Waals surface area contributed by atoms with Crippen molar-refractivity contribution in [2.24, 2.45) is 0 Å². The van der Waals surface area contributed by atoms with Crippen molar-refractivity contribution in [3.8, 4) is 5.75 Å². The number of nitrogens with zero attached hydrogens (tertiary/aromatic N) is 3. The summed E-state index contributed by atoms with van der Waals surface area (Å²) in [6, 6.07) is 11.2. The molecule has 0 spiro atoms. The minimum Gasteiger partial charge on any atom is -0.507 e. The quantitative estimate of drug-likeness (QED) is 0.358. The molecule has 3 aromatic rings. The van der Waals surface area contributed by atoms with Crippen LogP contribution in [0, 0.1) is 6.92 Å². The van der Waals surface area contributed by atoms with E-state index in [0.717, 1.165) is 11.1 Å². The van der Waals surface area contributed by atoms with Gasteiger partial charge in [0.2, 0.25) is 0 Å². The topological polar surface area (TPSA) is 92.6 Å². The minimum absolute atomic E-state index is 0.0669. The Morgan fingerprint density at radius 1 is 1.16 bits per heavy atom. The number of pyridine rings is 2. The van der Waals surface area contributed by atoms with E-state index in [4.69, 9.17) is 16.3 Å². The first-order valence-corrected chi connectivity index (χ1v) is 10.2. The molecule has 7 nitrogen and oxygen atoms in total. The lowest BCUT2D eigenvalue weighted by atomic mass is 9.97. The van der Waals surface area contributed by atoms with Gasteiger partial charge in [0.25, 0.3) is 11.7 Å². The monoisotopic (exact) mass is 449 g/mol. The summed E-state index contributed by atoms with van der Waals surface area (Å²) < 4.78 is 5.38. The van der Waals surface area contributed by atoms with Gasteiger partial charge in [0, 0.05) is 25.1 Å². The second kappa shape index (κ2) is 8.80. The summed E-state index contributed by atoms with van der Waals surface area (Å²) in [6.45, 7) is 1.96. The number of aromatic nitrogens is 2. The maximum atomic E-state index is 13.2. The van der Waals surface area contributed by atoms with Crippen molar-refractivity contribution in [3.63, 3.8) is 0 Å². The number of benzene rings is 1. The smallest absolute Gasteiger partial charge is 0.296 e. The van der Waals surface area contributed by atoms with Crippen molar-refractivity contribution >= 4 is 29.1 Å². The Bertz CT molecular complexity index is 1210. The number of aliphatic hydroxyl groups excluding tert-OH is 1. The molecule has 0 aliphatic carbocycles. The number of amides is 1. The molecule has 0 radical (unpaired) electrons. The number of rotatable bonds is 5. The molecule has 1 unspecified atom stereocenters. The fraction of sp³-hybridized carbons (Fsp3) is 0.167. The van der Waals surface area contributed by atoms with Gasteiger partial charge in [-0.15, -0.1) is 0 Å². The molecule has 1 N–H and O–H groups in total. The van der Waals surface area contributed by atoms with Crippen LogP contribution >= 0.6 is 11.6 Å². The van der Waals surface area contributed by atoms with E-state index in [-0.39, 0.29) is 34.2 Å². The lowest BCUT2D eigenvalue weighted by Gasteiger charge is -2.24. The molecule has 0 bridgehead atoms. The van der Waals surface area contributed by atoms with Crippen molar-refractivity contribution in [2.45, 2.75) is 19.5 Å². The molecule has 0 saturated carbocycles. The molecule has 1 fully saturated rings. The first kappa shape index (κ1) is 21.5. The van der Waals surface area contributed by atoms with Crippen LogP contribution in [0.5, 0.6) is 5.75 Å². The Morgan fingerprint density at radius 2 is 1.91 bits per heavy atom. The molecule has 32 heavy (non-hydrogen) atoms. The van der Waals surface area contributed by atoms with E-state index in [9.17, 15) is 14.7 Å². The molecule has 1 aliphatic heterocycles. The number of hydrogen-bond donors (Lipinski definition) is 1. The van der Waals surface area contributed by atoms with Gasteiger partial charge in [-0.3, -0.25) is 19.6 Å². The van der Waals surface area contributed by atoms with E-state index >= 15 is 0 Å². The summed E-state index contributed by atoms with van der Waals surface area (Å²) in [5.41, 5.74) is 2.18. The highest BCUT2D eigenvalue weighted by atomic mass is 35.5. The number of ether oxygens (including phenoxy) is 1. The molecule has 1 amide bonds. The van der Waals surface area contributed by atoms with Gasteiger partial charge in [0.1, 0.15) is 17.6 Å². The summed E-state index contributed by atoms with van der Waals surface area (Å²) in [6.07, 6.45) is 4.80. The zero-order valence-corrected chi connectivity index (χ0v) is 18.2. The Labute approximate surface area is 190 Å². The predicted molar refractivity (Wildman–Crippen MR) is 119 cm³/mol. The summed E-state index contributed by atoms with van der Waals surface area (Å²) in [7, 11) is 1.42. The second-order valence-corrected chi connectivity index (χ2v) is 7.77. The van der Waals surface area contributed by atoms with Crippen molar-refractivity contribution in [2.75, 3.05) is 7.11 Å². The number of carbonyl (C=O) groups is 2. The summed E-state index contributed by atoms with van der Waals surface area (Å²) in [5.74, 6) is -1.67. The van der Waals surface area contributed by atoms with Crippen molar-refractivity contribution < 1.29 is 19.4 Å². The van der Waals surface area contributed by atoms with Gasteiger partial charge in [-0.2, -0.15) is 0 Å². The van der Waals surface area contributed by atoms with Crippen molar-refractivity contribution in [1.82, 2.24) is 14.9 Å². The van der Waals surface area contributed by atoms with E-state index in [1.807, 2.05) is 0 Å². The van der Waals surface area contributed by atoms with Crippen LogP contribution in [0.1, 0.15) is 28.4 Å². The Balaban J connectivity index is 1.92. The molecule has 1 atom stereocenters. The highest BCUT2D eigenvalue weighted by Gasteiger charge is 2.47. The summed E-state index contributed by atoms with van der Waals surface area (Å²) in [4.78, 5) is 36.0. The fourth-order valence-corrected chi connectivity index (χ4v) is 4.18. The minimum atomic E-state index is -0.881. The van der Waals surface area contributed by atoms with Gasteiger partial charge in [-0.25, -0.2) is 0 Å². The Morgan fingerprint density at radius 3 is 2.56 bits per heavy atom. The van der Waals surface area contributed by atoms with Crippen LogP contribution in [0.4, 0.5) is 0 Å².